The second-order valence-electron chi connectivity index (χ2n) is 6.79. The molecule has 4 rings (SSSR count). The lowest BCUT2D eigenvalue weighted by Gasteiger charge is -2.10. The van der Waals surface area contributed by atoms with E-state index in [0.29, 0.717) is 12.2 Å². The van der Waals surface area contributed by atoms with Crippen molar-refractivity contribution in [3.8, 4) is 0 Å². The van der Waals surface area contributed by atoms with Gasteiger partial charge in [0.05, 0.1) is 6.54 Å². The van der Waals surface area contributed by atoms with E-state index < -0.39 is 17.0 Å². The van der Waals surface area contributed by atoms with E-state index in [4.69, 9.17) is 11.6 Å². The number of halogens is 3. The third-order valence-electron chi connectivity index (χ3n) is 4.31. The number of fused-ring (bicyclic) bond motifs is 1. The molecule has 11 heteroatoms. The Morgan fingerprint density at radius 2 is 1.90 bits per heavy atom. The van der Waals surface area contributed by atoms with Gasteiger partial charge < -0.3 is 0 Å². The Bertz CT molecular complexity index is 1230. The molecule has 4 aromatic rings. The quantitative estimate of drug-likeness (QED) is 0.488. The van der Waals surface area contributed by atoms with Gasteiger partial charge in [-0.15, -0.1) is 5.10 Å². The van der Waals surface area contributed by atoms with Crippen LogP contribution in [0.15, 0.2) is 42.7 Å². The van der Waals surface area contributed by atoms with Crippen molar-refractivity contribution in [3.05, 3.63) is 70.9 Å². The first-order chi connectivity index (χ1) is 14.2. The first-order valence-corrected chi connectivity index (χ1v) is 9.28. The molecular weight excluding hydrogens is 416 g/mol. The summed E-state index contributed by atoms with van der Waals surface area (Å²) in [6.45, 7) is 4.03. The van der Waals surface area contributed by atoms with Gasteiger partial charge >= 0.3 is 5.38 Å². The van der Waals surface area contributed by atoms with Gasteiger partial charge in [-0.2, -0.15) is 13.9 Å². The second kappa shape index (κ2) is 7.45. The van der Waals surface area contributed by atoms with E-state index in [2.05, 4.69) is 25.5 Å². The molecule has 3 aromatic heterocycles. The number of nitrogens with zero attached hydrogens (tertiary/aromatic N) is 6. The maximum absolute atomic E-state index is 13.7. The summed E-state index contributed by atoms with van der Waals surface area (Å²) in [5.41, 5.74) is 1.88. The Kier molecular flexibility index (Phi) is 4.94. The Hall–Kier alpha value is -3.40. The van der Waals surface area contributed by atoms with Crippen LogP contribution in [0.1, 0.15) is 33.0 Å². The molecule has 30 heavy (non-hydrogen) atoms. The van der Waals surface area contributed by atoms with Crippen LogP contribution in [-0.2, 0) is 11.9 Å². The van der Waals surface area contributed by atoms with E-state index in [0.717, 1.165) is 21.7 Å². The van der Waals surface area contributed by atoms with Gasteiger partial charge in [0.2, 0.25) is 5.95 Å². The zero-order valence-corrected chi connectivity index (χ0v) is 16.7. The van der Waals surface area contributed by atoms with Crippen LogP contribution >= 0.6 is 11.6 Å². The lowest BCUT2D eigenvalue weighted by molar-refractivity contribution is 0.0868. The highest BCUT2D eigenvalue weighted by Gasteiger charge is 2.32. The number of anilines is 1. The monoisotopic (exact) mass is 431 g/mol. The van der Waals surface area contributed by atoms with Crippen molar-refractivity contribution in [2.75, 3.05) is 5.32 Å². The molecule has 0 aliphatic carbocycles. The van der Waals surface area contributed by atoms with Crippen LogP contribution in [0.4, 0.5) is 14.7 Å². The van der Waals surface area contributed by atoms with E-state index in [9.17, 15) is 13.6 Å². The number of aryl methyl sites for hydroxylation is 2. The predicted molar refractivity (Wildman–Crippen MR) is 106 cm³/mol. The third kappa shape index (κ3) is 4.13. The molecule has 0 bridgehead atoms. The highest BCUT2D eigenvalue weighted by atomic mass is 35.5. The highest BCUT2D eigenvalue weighted by Crippen LogP contribution is 2.32. The number of benzene rings is 1. The number of rotatable bonds is 5. The molecule has 0 saturated carbocycles. The minimum Gasteiger partial charge on any atom is -0.288 e. The maximum Gasteiger partial charge on any atom is 0.364 e. The Morgan fingerprint density at radius 3 is 2.60 bits per heavy atom. The van der Waals surface area contributed by atoms with Crippen molar-refractivity contribution in [1.82, 2.24) is 29.4 Å². The maximum atomic E-state index is 13.7. The molecule has 3 heterocycles. The molecule has 1 N–H and O–H groups in total. The normalized spacial score (nSPS) is 11.8. The molecule has 0 atom stereocenters. The molecule has 0 fully saturated rings. The summed E-state index contributed by atoms with van der Waals surface area (Å²) in [6.07, 6.45) is 1.48. The average Bonchev–Trinajstić information content (AvgIpc) is 3.28. The smallest absolute Gasteiger partial charge is 0.288 e. The van der Waals surface area contributed by atoms with Crippen molar-refractivity contribution in [2.45, 2.75) is 25.8 Å². The van der Waals surface area contributed by atoms with Crippen LogP contribution in [-0.4, -0.2) is 35.3 Å². The van der Waals surface area contributed by atoms with Gasteiger partial charge in [-0.05, 0) is 37.1 Å². The Balaban J connectivity index is 1.54. The first-order valence-electron chi connectivity index (χ1n) is 8.90. The fraction of sp³-hybridized carbons (Fsp3) is 0.211. The molecule has 0 unspecified atom stereocenters. The fourth-order valence-electron chi connectivity index (χ4n) is 2.89. The molecule has 154 valence electrons. The number of carbonyl (C=O) groups is 1. The summed E-state index contributed by atoms with van der Waals surface area (Å²) < 4.78 is 29.8. The summed E-state index contributed by atoms with van der Waals surface area (Å²) in [6, 6.07) is 10.3. The Morgan fingerprint density at radius 1 is 1.17 bits per heavy atom. The van der Waals surface area contributed by atoms with Crippen molar-refractivity contribution >= 4 is 29.1 Å². The number of alkyl halides is 3. The first kappa shape index (κ1) is 19.9. The van der Waals surface area contributed by atoms with Gasteiger partial charge in [-0.1, -0.05) is 29.8 Å². The molecule has 1 amide bonds. The second-order valence-corrected chi connectivity index (χ2v) is 7.26. The highest BCUT2D eigenvalue weighted by molar-refractivity contribution is 6.21. The van der Waals surface area contributed by atoms with Gasteiger partial charge in [-0.3, -0.25) is 10.1 Å². The standard InChI is InChI=1S/C19H16ClF2N7O/c1-11-3-5-13(6-4-11)9-28-10-23-18(27-28)25-17(30)14-8-16-24-12(2)7-15(19(20,21)22)29(16)26-14/h3-8,10H,9H2,1-2H3,(H,25,27,30). The van der Waals surface area contributed by atoms with E-state index in [-0.39, 0.29) is 17.3 Å². The number of amides is 1. The van der Waals surface area contributed by atoms with E-state index in [1.54, 1.807) is 11.6 Å². The van der Waals surface area contributed by atoms with Gasteiger partial charge in [0, 0.05) is 11.8 Å². The minimum atomic E-state index is -3.66. The zero-order valence-electron chi connectivity index (χ0n) is 16.0. The summed E-state index contributed by atoms with van der Waals surface area (Å²) >= 11 is 5.16. The number of hydrogen-bond acceptors (Lipinski definition) is 5. The topological polar surface area (TPSA) is 90.0 Å². The fourth-order valence-corrected chi connectivity index (χ4v) is 3.02. The van der Waals surface area contributed by atoms with Crippen LogP contribution in [0.2, 0.25) is 0 Å². The third-order valence-corrected chi connectivity index (χ3v) is 4.50. The van der Waals surface area contributed by atoms with E-state index in [1.165, 1.54) is 12.4 Å². The van der Waals surface area contributed by atoms with Gasteiger partial charge in [0.15, 0.2) is 11.3 Å². The van der Waals surface area contributed by atoms with Crippen molar-refractivity contribution in [2.24, 2.45) is 0 Å². The van der Waals surface area contributed by atoms with Crippen LogP contribution < -0.4 is 5.32 Å². The molecule has 0 saturated heterocycles. The molecule has 0 aliphatic heterocycles. The van der Waals surface area contributed by atoms with Crippen molar-refractivity contribution in [1.29, 1.82) is 0 Å². The molecule has 8 nitrogen and oxygen atoms in total. The Labute approximate surface area is 174 Å². The molecule has 0 spiro atoms. The van der Waals surface area contributed by atoms with Crippen LogP contribution in [0.25, 0.3) is 5.65 Å². The summed E-state index contributed by atoms with van der Waals surface area (Å²) in [7, 11) is 0. The number of hydrogen-bond donors (Lipinski definition) is 1. The summed E-state index contributed by atoms with van der Waals surface area (Å²) in [4.78, 5) is 20.7. The average molecular weight is 432 g/mol. The lowest BCUT2D eigenvalue weighted by atomic mass is 10.1. The molecule has 0 aliphatic rings. The number of carbonyl (C=O) groups excluding carboxylic acids is 1. The molecule has 0 radical (unpaired) electrons. The van der Waals surface area contributed by atoms with Crippen LogP contribution in [0.3, 0.4) is 0 Å². The van der Waals surface area contributed by atoms with Gasteiger partial charge in [-0.25, -0.2) is 19.2 Å². The zero-order chi connectivity index (χ0) is 21.5. The summed E-state index contributed by atoms with van der Waals surface area (Å²) in [5.74, 6) is -0.591. The largest absolute Gasteiger partial charge is 0.364 e. The van der Waals surface area contributed by atoms with Crippen LogP contribution in [0.5, 0.6) is 0 Å². The van der Waals surface area contributed by atoms with Gasteiger partial charge in [0.1, 0.15) is 12.0 Å². The minimum absolute atomic E-state index is 0.0659. The predicted octanol–water partition coefficient (Wildman–Crippen LogP) is 3.53. The molecule has 1 aromatic carbocycles. The number of nitrogens with one attached hydrogen (secondary N) is 1. The lowest BCUT2D eigenvalue weighted by Crippen LogP contribution is -2.16. The number of aromatic nitrogens is 6. The van der Waals surface area contributed by atoms with Crippen molar-refractivity contribution in [3.63, 3.8) is 0 Å². The summed E-state index contributed by atoms with van der Waals surface area (Å²) in [5, 5.41) is 6.95. The van der Waals surface area contributed by atoms with Gasteiger partial charge in [0.25, 0.3) is 5.91 Å². The van der Waals surface area contributed by atoms with E-state index >= 15 is 0 Å². The SMILES string of the molecule is Cc1ccc(Cn2cnc(NC(=O)c3cc4nc(C)cc(C(F)(F)Cl)n4n3)n2)cc1. The van der Waals surface area contributed by atoms with Crippen LogP contribution in [0, 0.1) is 13.8 Å². The van der Waals surface area contributed by atoms with E-state index in [1.807, 2.05) is 31.2 Å². The van der Waals surface area contributed by atoms with Crippen molar-refractivity contribution < 1.29 is 13.6 Å². The molecular formula is C19H16ClF2N7O.